The van der Waals surface area contributed by atoms with Crippen LogP contribution in [0.25, 0.3) is 0 Å². The lowest BCUT2D eigenvalue weighted by Gasteiger charge is -2.29. The van der Waals surface area contributed by atoms with Crippen molar-refractivity contribution >= 4 is 0 Å². The first-order valence-electron chi connectivity index (χ1n) is 4.29. The molecule has 1 aliphatic carbocycles. The van der Waals surface area contributed by atoms with Crippen molar-refractivity contribution in [2.45, 2.75) is 38.8 Å². The van der Waals surface area contributed by atoms with Gasteiger partial charge in [0.05, 0.1) is 6.10 Å². The first kappa shape index (κ1) is 9.01. The van der Waals surface area contributed by atoms with Crippen LogP contribution in [0.4, 0.5) is 0 Å². The lowest BCUT2D eigenvalue weighted by molar-refractivity contribution is 0.0307. The molecule has 2 atom stereocenters. The minimum Gasteiger partial charge on any atom is -0.391 e. The molecule has 0 radical (unpaired) electrons. The zero-order valence-electron chi connectivity index (χ0n) is 7.96. The molecular weight excluding hydrogens is 138 g/mol. The maximum atomic E-state index is 9.85. The molecular formula is C9H19NO. The number of aliphatic hydroxyl groups is 1. The van der Waals surface area contributed by atoms with Crippen LogP contribution in [0.2, 0.25) is 0 Å². The van der Waals surface area contributed by atoms with E-state index in [0.717, 1.165) is 12.8 Å². The van der Waals surface area contributed by atoms with Gasteiger partial charge in [0.25, 0.3) is 0 Å². The summed E-state index contributed by atoms with van der Waals surface area (Å²) in [6, 6.07) is 0.366. The van der Waals surface area contributed by atoms with Gasteiger partial charge in [0.15, 0.2) is 0 Å². The molecule has 0 amide bonds. The summed E-state index contributed by atoms with van der Waals surface area (Å²) in [5, 5.41) is 9.85. The van der Waals surface area contributed by atoms with E-state index >= 15 is 0 Å². The number of nitrogens with zero attached hydrogens (tertiary/aromatic N) is 1. The second-order valence-electron chi connectivity index (χ2n) is 4.50. The first-order chi connectivity index (χ1) is 4.95. The molecule has 2 nitrogen and oxygen atoms in total. The maximum Gasteiger partial charge on any atom is 0.0745 e. The maximum absolute atomic E-state index is 9.85. The van der Waals surface area contributed by atoms with E-state index in [4.69, 9.17) is 0 Å². The molecule has 1 saturated carbocycles. The molecule has 2 heteroatoms. The van der Waals surface area contributed by atoms with Crippen LogP contribution >= 0.6 is 0 Å². The third-order valence-corrected chi connectivity index (χ3v) is 2.91. The SMILES string of the molecule is CN(C)C1CCC(C)(C)C1O. The molecule has 0 aromatic rings. The molecule has 1 rings (SSSR count). The molecule has 0 heterocycles. The Morgan fingerprint density at radius 3 is 2.09 bits per heavy atom. The van der Waals surface area contributed by atoms with Crippen LogP contribution in [0.15, 0.2) is 0 Å². The Balaban J connectivity index is 2.63. The van der Waals surface area contributed by atoms with Crippen molar-refractivity contribution in [1.82, 2.24) is 4.90 Å². The van der Waals surface area contributed by atoms with Crippen LogP contribution in [0, 0.1) is 5.41 Å². The largest absolute Gasteiger partial charge is 0.391 e. The minimum absolute atomic E-state index is 0.120. The summed E-state index contributed by atoms with van der Waals surface area (Å²) in [5.74, 6) is 0. The van der Waals surface area contributed by atoms with Gasteiger partial charge in [0, 0.05) is 6.04 Å². The molecule has 66 valence electrons. The number of likely N-dealkylation sites (N-methyl/N-ethyl adjacent to an activating group) is 1. The van der Waals surface area contributed by atoms with Crippen LogP contribution < -0.4 is 0 Å². The van der Waals surface area contributed by atoms with Gasteiger partial charge in [0.1, 0.15) is 0 Å². The first-order valence-corrected chi connectivity index (χ1v) is 4.29. The van der Waals surface area contributed by atoms with Crippen molar-refractivity contribution in [3.63, 3.8) is 0 Å². The number of aliphatic hydroxyl groups excluding tert-OH is 1. The van der Waals surface area contributed by atoms with Gasteiger partial charge in [-0.15, -0.1) is 0 Å². The van der Waals surface area contributed by atoms with Crippen LogP contribution in [0.5, 0.6) is 0 Å². The van der Waals surface area contributed by atoms with E-state index in [9.17, 15) is 5.11 Å². The Kier molecular flexibility index (Phi) is 2.26. The summed E-state index contributed by atoms with van der Waals surface area (Å²) in [4.78, 5) is 2.12. The topological polar surface area (TPSA) is 23.5 Å². The molecule has 2 unspecified atom stereocenters. The molecule has 0 bridgehead atoms. The summed E-state index contributed by atoms with van der Waals surface area (Å²) >= 11 is 0. The summed E-state index contributed by atoms with van der Waals surface area (Å²) in [5.41, 5.74) is 0.120. The Labute approximate surface area is 69.2 Å². The molecule has 0 aromatic heterocycles. The normalized spacial score (nSPS) is 36.5. The lowest BCUT2D eigenvalue weighted by atomic mass is 9.89. The van der Waals surface area contributed by atoms with Crippen LogP contribution in [0.3, 0.4) is 0 Å². The zero-order chi connectivity index (χ0) is 8.65. The fraction of sp³-hybridized carbons (Fsp3) is 1.00. The van der Waals surface area contributed by atoms with E-state index in [1.807, 2.05) is 14.1 Å². The highest BCUT2D eigenvalue weighted by atomic mass is 16.3. The standard InChI is InChI=1S/C9H19NO/c1-9(2)6-5-7(8(9)11)10(3)4/h7-8,11H,5-6H2,1-4H3. The highest BCUT2D eigenvalue weighted by Gasteiger charge is 2.41. The van der Waals surface area contributed by atoms with E-state index in [0.29, 0.717) is 6.04 Å². The quantitative estimate of drug-likeness (QED) is 0.616. The number of hydrogen-bond donors (Lipinski definition) is 1. The van der Waals surface area contributed by atoms with Crippen LogP contribution in [-0.4, -0.2) is 36.2 Å². The Morgan fingerprint density at radius 1 is 1.36 bits per heavy atom. The average molecular weight is 157 g/mol. The molecule has 0 aliphatic heterocycles. The third kappa shape index (κ3) is 1.57. The van der Waals surface area contributed by atoms with Crippen molar-refractivity contribution in [3.8, 4) is 0 Å². The van der Waals surface area contributed by atoms with Crippen molar-refractivity contribution in [2.75, 3.05) is 14.1 Å². The molecule has 1 aliphatic rings. The van der Waals surface area contributed by atoms with Gasteiger partial charge in [-0.2, -0.15) is 0 Å². The summed E-state index contributed by atoms with van der Waals surface area (Å²) in [7, 11) is 4.07. The minimum atomic E-state index is -0.155. The summed E-state index contributed by atoms with van der Waals surface area (Å²) in [6.07, 6.45) is 2.11. The second-order valence-corrected chi connectivity index (χ2v) is 4.50. The third-order valence-electron chi connectivity index (χ3n) is 2.91. The molecule has 1 N–H and O–H groups in total. The van der Waals surface area contributed by atoms with Gasteiger partial charge < -0.3 is 10.0 Å². The van der Waals surface area contributed by atoms with Crippen LogP contribution in [-0.2, 0) is 0 Å². The molecule has 1 fully saturated rings. The Morgan fingerprint density at radius 2 is 1.91 bits per heavy atom. The number of rotatable bonds is 1. The second kappa shape index (κ2) is 2.76. The molecule has 11 heavy (non-hydrogen) atoms. The predicted octanol–water partition coefficient (Wildman–Crippen LogP) is 1.10. The highest BCUT2D eigenvalue weighted by Crippen LogP contribution is 2.38. The molecule has 0 aromatic carbocycles. The van der Waals surface area contributed by atoms with E-state index in [-0.39, 0.29) is 11.5 Å². The zero-order valence-corrected chi connectivity index (χ0v) is 7.96. The van der Waals surface area contributed by atoms with Crippen molar-refractivity contribution < 1.29 is 5.11 Å². The number of hydrogen-bond acceptors (Lipinski definition) is 2. The van der Waals surface area contributed by atoms with Crippen molar-refractivity contribution in [1.29, 1.82) is 0 Å². The van der Waals surface area contributed by atoms with E-state index in [2.05, 4.69) is 18.7 Å². The van der Waals surface area contributed by atoms with Gasteiger partial charge in [-0.3, -0.25) is 0 Å². The molecule has 0 saturated heterocycles. The summed E-state index contributed by atoms with van der Waals surface area (Å²) < 4.78 is 0. The van der Waals surface area contributed by atoms with Gasteiger partial charge in [-0.25, -0.2) is 0 Å². The Bertz CT molecular complexity index is 142. The van der Waals surface area contributed by atoms with Crippen molar-refractivity contribution in [2.24, 2.45) is 5.41 Å². The van der Waals surface area contributed by atoms with Gasteiger partial charge >= 0.3 is 0 Å². The van der Waals surface area contributed by atoms with Gasteiger partial charge in [0.2, 0.25) is 0 Å². The summed E-state index contributed by atoms with van der Waals surface area (Å²) in [6.45, 7) is 4.28. The van der Waals surface area contributed by atoms with E-state index < -0.39 is 0 Å². The predicted molar refractivity (Wildman–Crippen MR) is 46.5 cm³/mol. The molecule has 0 spiro atoms. The van der Waals surface area contributed by atoms with Crippen LogP contribution in [0.1, 0.15) is 26.7 Å². The fourth-order valence-corrected chi connectivity index (χ4v) is 1.89. The monoisotopic (exact) mass is 157 g/mol. The smallest absolute Gasteiger partial charge is 0.0745 e. The van der Waals surface area contributed by atoms with E-state index in [1.54, 1.807) is 0 Å². The van der Waals surface area contributed by atoms with Gasteiger partial charge in [-0.1, -0.05) is 13.8 Å². The Hall–Kier alpha value is -0.0800. The van der Waals surface area contributed by atoms with Gasteiger partial charge in [-0.05, 0) is 32.4 Å². The highest BCUT2D eigenvalue weighted by molar-refractivity contribution is 4.94. The average Bonchev–Trinajstić information content (AvgIpc) is 2.09. The van der Waals surface area contributed by atoms with Crippen molar-refractivity contribution in [3.05, 3.63) is 0 Å². The lowest BCUT2D eigenvalue weighted by Crippen LogP contribution is -2.39. The van der Waals surface area contributed by atoms with E-state index in [1.165, 1.54) is 0 Å². The fourth-order valence-electron chi connectivity index (χ4n) is 1.89.